The Bertz CT molecular complexity index is 176. The number of halogens is 2. The molecular formula is C12H23F2N. The first-order chi connectivity index (χ1) is 7.06. The molecule has 0 unspecified atom stereocenters. The van der Waals surface area contributed by atoms with Crippen molar-refractivity contribution in [1.82, 2.24) is 4.90 Å². The first kappa shape index (κ1) is 14.6. The zero-order valence-corrected chi connectivity index (χ0v) is 10.1. The summed E-state index contributed by atoms with van der Waals surface area (Å²) >= 11 is 0. The van der Waals surface area contributed by atoms with E-state index in [4.69, 9.17) is 0 Å². The molecule has 0 aliphatic rings. The molecule has 0 atom stereocenters. The van der Waals surface area contributed by atoms with E-state index in [1.54, 1.807) is 0 Å². The fourth-order valence-corrected chi connectivity index (χ4v) is 1.46. The summed E-state index contributed by atoms with van der Waals surface area (Å²) in [6.45, 7) is 10.3. The van der Waals surface area contributed by atoms with Gasteiger partial charge in [0, 0.05) is 18.5 Å². The lowest BCUT2D eigenvalue weighted by Gasteiger charge is -2.28. The topological polar surface area (TPSA) is 3.24 Å². The van der Waals surface area contributed by atoms with Gasteiger partial charge in [-0.15, -0.1) is 0 Å². The van der Waals surface area contributed by atoms with Gasteiger partial charge in [-0.05, 0) is 26.8 Å². The zero-order chi connectivity index (χ0) is 11.8. The Morgan fingerprint density at radius 3 is 2.13 bits per heavy atom. The largest absolute Gasteiger partial charge is 0.297 e. The SMILES string of the molecule is C=C(CN(CCC)C(C)C)C(CF)CF. The van der Waals surface area contributed by atoms with Crippen molar-refractivity contribution in [2.75, 3.05) is 26.4 Å². The lowest BCUT2D eigenvalue weighted by molar-refractivity contribution is 0.223. The number of alkyl halides is 2. The molecule has 0 saturated carbocycles. The van der Waals surface area contributed by atoms with Gasteiger partial charge in [-0.3, -0.25) is 13.7 Å². The predicted molar refractivity (Wildman–Crippen MR) is 61.6 cm³/mol. The van der Waals surface area contributed by atoms with Gasteiger partial charge < -0.3 is 0 Å². The Morgan fingerprint density at radius 1 is 1.27 bits per heavy atom. The van der Waals surface area contributed by atoms with E-state index in [0.29, 0.717) is 18.2 Å². The van der Waals surface area contributed by atoms with Gasteiger partial charge in [0.2, 0.25) is 0 Å². The van der Waals surface area contributed by atoms with Crippen molar-refractivity contribution in [2.24, 2.45) is 5.92 Å². The van der Waals surface area contributed by atoms with E-state index in [1.807, 2.05) is 0 Å². The molecule has 0 bridgehead atoms. The van der Waals surface area contributed by atoms with Crippen LogP contribution in [0.25, 0.3) is 0 Å². The fourth-order valence-electron chi connectivity index (χ4n) is 1.46. The highest BCUT2D eigenvalue weighted by atomic mass is 19.1. The summed E-state index contributed by atoms with van der Waals surface area (Å²) in [5.74, 6) is -0.622. The predicted octanol–water partition coefficient (Wildman–Crippen LogP) is 3.22. The number of hydrogen-bond donors (Lipinski definition) is 0. The lowest BCUT2D eigenvalue weighted by Crippen LogP contribution is -2.35. The van der Waals surface area contributed by atoms with Gasteiger partial charge in [-0.1, -0.05) is 19.1 Å². The molecule has 0 radical (unpaired) electrons. The second kappa shape index (κ2) is 7.80. The third-order valence-corrected chi connectivity index (χ3v) is 2.60. The van der Waals surface area contributed by atoms with Gasteiger partial charge in [0.25, 0.3) is 0 Å². The number of rotatable bonds is 8. The van der Waals surface area contributed by atoms with Crippen molar-refractivity contribution in [3.63, 3.8) is 0 Å². The molecule has 0 spiro atoms. The molecule has 1 nitrogen and oxygen atoms in total. The molecule has 0 aliphatic carbocycles. The maximum atomic E-state index is 12.4. The van der Waals surface area contributed by atoms with E-state index in [-0.39, 0.29) is 0 Å². The van der Waals surface area contributed by atoms with E-state index in [2.05, 4.69) is 32.3 Å². The van der Waals surface area contributed by atoms with Crippen molar-refractivity contribution in [2.45, 2.75) is 33.2 Å². The van der Waals surface area contributed by atoms with Gasteiger partial charge in [-0.25, -0.2) is 0 Å². The lowest BCUT2D eigenvalue weighted by atomic mass is 10.0. The molecule has 0 fully saturated rings. The van der Waals surface area contributed by atoms with Crippen LogP contribution < -0.4 is 0 Å². The molecule has 0 N–H and O–H groups in total. The van der Waals surface area contributed by atoms with Crippen LogP contribution in [0.5, 0.6) is 0 Å². The molecule has 3 heteroatoms. The normalized spacial score (nSPS) is 11.7. The highest BCUT2D eigenvalue weighted by Crippen LogP contribution is 2.14. The Hall–Kier alpha value is -0.440. The average molecular weight is 219 g/mol. The molecule has 0 aliphatic heterocycles. The van der Waals surface area contributed by atoms with Crippen LogP contribution >= 0.6 is 0 Å². The van der Waals surface area contributed by atoms with Gasteiger partial charge in [0.1, 0.15) is 0 Å². The summed E-state index contributed by atoms with van der Waals surface area (Å²) < 4.78 is 24.9. The van der Waals surface area contributed by atoms with Crippen molar-refractivity contribution in [3.05, 3.63) is 12.2 Å². The molecule has 0 aromatic rings. The van der Waals surface area contributed by atoms with Crippen LogP contribution in [-0.4, -0.2) is 37.4 Å². The maximum absolute atomic E-state index is 12.4. The van der Waals surface area contributed by atoms with Gasteiger partial charge in [0.05, 0.1) is 13.3 Å². The quantitative estimate of drug-likeness (QED) is 0.567. The van der Waals surface area contributed by atoms with E-state index in [9.17, 15) is 8.78 Å². The Morgan fingerprint density at radius 2 is 1.80 bits per heavy atom. The fraction of sp³-hybridized carbons (Fsp3) is 0.833. The zero-order valence-electron chi connectivity index (χ0n) is 10.1. The van der Waals surface area contributed by atoms with E-state index in [0.717, 1.165) is 13.0 Å². The van der Waals surface area contributed by atoms with Crippen LogP contribution in [0.15, 0.2) is 12.2 Å². The second-order valence-electron chi connectivity index (χ2n) is 4.23. The minimum Gasteiger partial charge on any atom is -0.297 e. The summed E-state index contributed by atoms with van der Waals surface area (Å²) in [6, 6.07) is 0.390. The monoisotopic (exact) mass is 219 g/mol. The van der Waals surface area contributed by atoms with Crippen LogP contribution in [0, 0.1) is 5.92 Å². The Labute approximate surface area is 92.2 Å². The highest BCUT2D eigenvalue weighted by molar-refractivity contribution is 5.03. The standard InChI is InChI=1S/C12H23F2N/c1-5-6-15(10(2)3)9-11(4)12(7-13)8-14/h10,12H,4-9H2,1-3H3. The number of hydrogen-bond acceptors (Lipinski definition) is 1. The molecule has 0 amide bonds. The average Bonchev–Trinajstić information content (AvgIpc) is 2.18. The minimum atomic E-state index is -0.645. The molecule has 0 saturated heterocycles. The molecule has 0 heterocycles. The van der Waals surface area contributed by atoms with Gasteiger partial charge in [0.15, 0.2) is 0 Å². The van der Waals surface area contributed by atoms with E-state index >= 15 is 0 Å². The Kier molecular flexibility index (Phi) is 7.57. The van der Waals surface area contributed by atoms with Crippen LogP contribution in [0.2, 0.25) is 0 Å². The summed E-state index contributed by atoms with van der Waals surface area (Å²) in [5, 5.41) is 0. The molecular weight excluding hydrogens is 196 g/mol. The van der Waals surface area contributed by atoms with E-state index in [1.165, 1.54) is 0 Å². The van der Waals surface area contributed by atoms with Crippen LogP contribution in [0.1, 0.15) is 27.2 Å². The first-order valence-electron chi connectivity index (χ1n) is 5.60. The third kappa shape index (κ3) is 5.26. The molecule has 0 aromatic heterocycles. The van der Waals surface area contributed by atoms with Crippen molar-refractivity contribution in [1.29, 1.82) is 0 Å². The second-order valence-corrected chi connectivity index (χ2v) is 4.23. The van der Waals surface area contributed by atoms with Gasteiger partial charge in [-0.2, -0.15) is 0 Å². The molecule has 0 rings (SSSR count). The van der Waals surface area contributed by atoms with Crippen LogP contribution in [0.4, 0.5) is 8.78 Å². The van der Waals surface area contributed by atoms with Crippen molar-refractivity contribution < 1.29 is 8.78 Å². The summed E-state index contributed by atoms with van der Waals surface area (Å²) in [7, 11) is 0. The third-order valence-electron chi connectivity index (χ3n) is 2.60. The van der Waals surface area contributed by atoms with E-state index < -0.39 is 19.3 Å². The van der Waals surface area contributed by atoms with Crippen LogP contribution in [-0.2, 0) is 0 Å². The van der Waals surface area contributed by atoms with Crippen molar-refractivity contribution >= 4 is 0 Å². The molecule has 90 valence electrons. The highest BCUT2D eigenvalue weighted by Gasteiger charge is 2.16. The Balaban J connectivity index is 4.20. The van der Waals surface area contributed by atoms with Crippen molar-refractivity contribution in [3.8, 4) is 0 Å². The van der Waals surface area contributed by atoms with Gasteiger partial charge >= 0.3 is 0 Å². The number of nitrogens with zero attached hydrogens (tertiary/aromatic N) is 1. The maximum Gasteiger partial charge on any atom is 0.0985 e. The minimum absolute atomic E-state index is 0.390. The molecule has 15 heavy (non-hydrogen) atoms. The first-order valence-corrected chi connectivity index (χ1v) is 5.60. The summed E-state index contributed by atoms with van der Waals surface area (Å²) in [6.07, 6.45) is 1.04. The summed E-state index contributed by atoms with van der Waals surface area (Å²) in [5.41, 5.74) is 0.669. The molecule has 0 aromatic carbocycles. The van der Waals surface area contributed by atoms with Crippen LogP contribution in [0.3, 0.4) is 0 Å². The summed E-state index contributed by atoms with van der Waals surface area (Å²) in [4.78, 5) is 2.20. The smallest absolute Gasteiger partial charge is 0.0985 e.